The molecule has 0 saturated carbocycles. The SMILES string of the molecule is Cc1cn([C@H]2C[C@H](OP(=O)(O)OC[C@H]3O[C@@H](n4cc(C)c(=O)[nH]c4=O)C[C@@H]3OP(=O)(O)OC[C@H]3O[C@@H](n4cc(C)c(=O)[nH]c4=O)C[C@@H]3OP(=O)(O)OC[C@H]3O[C@@H](n4cc(C)c(=O)[nH]c4=O)C[C@@H]3OP(=O)(O)OC[C@H]3O[C@@H](n4cc(C)c(=O)[nH]c4=O)C[C@@H]3OP(=O)(O)OC[C@H]3O[C@@H](n4cc(C)c(=O)[nH]c4=O)C[C@@H]3O)[C@@H](COP(=O)(O)OCCCCCCNC(=O)C=O)O2)c(=O)[nH]c1=O. The van der Waals surface area contributed by atoms with Crippen molar-refractivity contribution < 1.29 is 154 Å². The van der Waals surface area contributed by atoms with E-state index < -0.39 is 303 Å². The Hall–Kier alpha value is -8.40. The summed E-state index contributed by atoms with van der Waals surface area (Å²) in [5.41, 5.74) is -11.5. The molecule has 0 spiro atoms. The van der Waals surface area contributed by atoms with Crippen molar-refractivity contribution in [3.8, 4) is 0 Å². The number of aliphatic hydroxyl groups excluding tert-OH is 1. The molecule has 64 heteroatoms. The molecule has 730 valence electrons. The third kappa shape index (κ3) is 26.4. The Bertz CT molecular complexity index is 6360. The molecule has 0 bridgehead atoms. The number of H-pyrrole nitrogens is 6. The number of hydrogen-bond donors (Lipinski definition) is 14. The molecule has 1 amide bonds. The number of nitrogens with zero attached hydrogens (tertiary/aromatic N) is 6. The van der Waals surface area contributed by atoms with Crippen molar-refractivity contribution in [1.82, 2.24) is 62.6 Å². The lowest BCUT2D eigenvalue weighted by Crippen LogP contribution is -2.33. The van der Waals surface area contributed by atoms with Crippen LogP contribution < -0.4 is 72.8 Å². The molecule has 14 N–H and O–H groups in total. The maximum Gasteiger partial charge on any atom is 0.472 e. The number of carbonyl (C=O) groups is 2. The predicted molar refractivity (Wildman–Crippen MR) is 436 cm³/mol. The molecule has 6 aromatic rings. The van der Waals surface area contributed by atoms with Gasteiger partial charge in [-0.3, -0.25) is 150 Å². The van der Waals surface area contributed by atoms with Crippen molar-refractivity contribution in [1.29, 1.82) is 0 Å². The molecule has 6 saturated heterocycles. The van der Waals surface area contributed by atoms with E-state index in [4.69, 9.17) is 82.7 Å². The zero-order valence-corrected chi connectivity index (χ0v) is 75.5. The maximum absolute atomic E-state index is 14.4. The quantitative estimate of drug-likeness (QED) is 0.00832. The van der Waals surface area contributed by atoms with Gasteiger partial charge in [-0.25, -0.2) is 56.2 Å². The van der Waals surface area contributed by atoms with Crippen molar-refractivity contribution in [3.63, 3.8) is 0 Å². The van der Waals surface area contributed by atoms with Crippen LogP contribution in [0.2, 0.25) is 0 Å². The van der Waals surface area contributed by atoms with Gasteiger partial charge in [0.15, 0.2) is 0 Å². The molecular formula is C68H93N13O45P6. The summed E-state index contributed by atoms with van der Waals surface area (Å²) in [5.74, 6) is -0.814. The highest BCUT2D eigenvalue weighted by Crippen LogP contribution is 2.57. The molecule has 12 rings (SSSR count). The van der Waals surface area contributed by atoms with Crippen LogP contribution in [-0.4, -0.2) is 230 Å². The second-order valence-electron chi connectivity index (χ2n) is 31.1. The van der Waals surface area contributed by atoms with E-state index in [2.05, 4.69) is 20.3 Å². The number of aldehydes is 1. The highest BCUT2D eigenvalue weighted by molar-refractivity contribution is 7.48. The number of aromatic amines is 6. The summed E-state index contributed by atoms with van der Waals surface area (Å²) >= 11 is 0. The van der Waals surface area contributed by atoms with E-state index in [0.717, 1.165) is 64.6 Å². The Morgan fingerprint density at radius 2 is 0.553 bits per heavy atom. The van der Waals surface area contributed by atoms with Gasteiger partial charge in [-0.05, 0) is 54.4 Å². The number of amides is 1. The zero-order chi connectivity index (χ0) is 96.2. The first-order chi connectivity index (χ1) is 61.9. The number of rotatable bonds is 43. The lowest BCUT2D eigenvalue weighted by atomic mass is 10.2. The Morgan fingerprint density at radius 3 is 0.795 bits per heavy atom. The summed E-state index contributed by atoms with van der Waals surface area (Å²) in [6, 6.07) is 0. The predicted octanol–water partition coefficient (Wildman–Crippen LogP) is -2.26. The molecule has 6 aliphatic heterocycles. The molecule has 0 radical (unpaired) electrons. The summed E-state index contributed by atoms with van der Waals surface area (Å²) in [6.45, 7) is 1.01. The van der Waals surface area contributed by atoms with E-state index in [1.807, 2.05) is 15.0 Å². The lowest BCUT2D eigenvalue weighted by molar-refractivity contribution is -0.131. The highest BCUT2D eigenvalue weighted by Gasteiger charge is 2.52. The van der Waals surface area contributed by atoms with Gasteiger partial charge in [-0.1, -0.05) is 12.8 Å². The van der Waals surface area contributed by atoms with Gasteiger partial charge in [-0.2, -0.15) is 0 Å². The number of phosphoric ester groups is 6. The fourth-order valence-electron chi connectivity index (χ4n) is 14.6. The molecule has 24 atom stereocenters. The molecule has 0 aliphatic carbocycles. The number of unbranched alkanes of at least 4 members (excludes halogenated alkanes) is 3. The first kappa shape index (κ1) is 103. The van der Waals surface area contributed by atoms with Gasteiger partial charge in [0.2, 0.25) is 6.29 Å². The summed E-state index contributed by atoms with van der Waals surface area (Å²) in [6.07, 6.45) is -25.7. The fraction of sp³-hybridized carbons (Fsp3) is 0.618. The van der Waals surface area contributed by atoms with Crippen molar-refractivity contribution in [3.05, 3.63) is 196 Å². The molecule has 132 heavy (non-hydrogen) atoms. The Morgan fingerprint density at radius 1 is 0.341 bits per heavy atom. The lowest BCUT2D eigenvalue weighted by Gasteiger charge is -2.26. The molecule has 6 fully saturated rings. The third-order valence-electron chi connectivity index (χ3n) is 21.3. The number of phosphoric acid groups is 6. The molecular weight excluding hydrogens is 1900 g/mol. The number of nitrogens with one attached hydrogen (secondary N) is 7. The van der Waals surface area contributed by atoms with Gasteiger partial charge in [0.05, 0.1) is 52.4 Å². The van der Waals surface area contributed by atoms with Gasteiger partial charge >= 0.3 is 81.1 Å². The minimum absolute atomic E-state index is 0.0117. The third-order valence-corrected chi connectivity index (χ3v) is 27.4. The molecule has 0 aromatic carbocycles. The summed E-state index contributed by atoms with van der Waals surface area (Å²) < 4.78 is 190. The van der Waals surface area contributed by atoms with Gasteiger partial charge in [0.25, 0.3) is 39.3 Å². The van der Waals surface area contributed by atoms with Crippen molar-refractivity contribution >= 4 is 59.1 Å². The van der Waals surface area contributed by atoms with Crippen LogP contribution in [0.1, 0.15) is 135 Å². The van der Waals surface area contributed by atoms with E-state index in [-0.39, 0.29) is 65.7 Å². The standard InChI is InChI=1S/C68H93N13O45P6/c1-32-19-76(63(91)70-57(32)85)51-13-38(83)44(116-51)26-111-128(99,100)122-40-15-53(78-21-34(3)59(87)72-65(78)93)118-46(40)28-113-130(103,104)124-42-17-55(80-23-36(5)61(89)74-67(80)95)120-48(42)30-115-132(107,108)126-43-18-56(81-24-37(6)62(90)75-68(81)96)121-49(43)31-114-131(105,106)125-41-16-54(79-22-35(4)60(88)73-66(79)94)119-47(41)29-112-129(101,102)123-39-14-52(77-20-33(2)58(86)71-64(77)92)117-45(39)27-110-127(97,98)109-12-10-8-7-9-11-69-50(84)25-82/h19-25,38-49,51-56,83H,7-18,26-31H2,1-6H3,(H,69,84)(H,97,98)(H,99,100)(H,101,102)(H,103,104)(H,105,106)(H,107,108)(H,70,85,91)(H,71,86,92)(H,72,87,93)(H,73,88,94)(H,74,89,95)(H,75,90,96)/t38-,39-,40-,41-,42-,43-,44+,45+,46+,47+,48+,49+,51+,52+,53+,54+,55+,56+/m0/s1. The fourth-order valence-corrected chi connectivity index (χ4v) is 20.1. The topological polar surface area (TPSA) is 786 Å². The Balaban J connectivity index is 0.732. The molecule has 6 aromatic heterocycles. The van der Waals surface area contributed by atoms with Crippen LogP contribution in [0.4, 0.5) is 0 Å². The largest absolute Gasteiger partial charge is 0.472 e. The van der Waals surface area contributed by atoms with Crippen LogP contribution in [0.5, 0.6) is 0 Å². The number of carbonyl (C=O) groups excluding carboxylic acids is 2. The van der Waals surface area contributed by atoms with Gasteiger partial charge in [-0.15, -0.1) is 0 Å². The van der Waals surface area contributed by atoms with Gasteiger partial charge in [0, 0.05) is 116 Å². The van der Waals surface area contributed by atoms with E-state index in [1.54, 1.807) is 0 Å². The summed E-state index contributed by atoms with van der Waals surface area (Å²) in [4.78, 5) is 255. The normalized spacial score (nSPS) is 28.3. The van der Waals surface area contributed by atoms with Crippen molar-refractivity contribution in [2.45, 2.75) is 216 Å². The van der Waals surface area contributed by atoms with E-state index in [0.29, 0.717) is 19.3 Å². The first-order valence-corrected chi connectivity index (χ1v) is 49.0. The molecule has 6 unspecified atom stereocenters. The monoisotopic (exact) mass is 2000 g/mol. The number of aliphatic hydroxyl groups is 1. The van der Waals surface area contributed by atoms with Gasteiger partial charge in [0.1, 0.15) is 105 Å². The number of ether oxygens (including phenoxy) is 6. The molecule has 58 nitrogen and oxygen atoms in total. The second-order valence-corrected chi connectivity index (χ2v) is 39.6. The first-order valence-electron chi connectivity index (χ1n) is 40.1. The highest BCUT2D eigenvalue weighted by atomic mass is 31.2. The molecule has 6 aliphatic rings. The number of aromatic nitrogens is 12. The van der Waals surface area contributed by atoms with Crippen LogP contribution in [-0.2, 0) is 120 Å². The number of aryl methyl sites for hydroxylation is 6. The average molecular weight is 2000 g/mol. The van der Waals surface area contributed by atoms with E-state index in [1.165, 1.54) is 41.5 Å². The van der Waals surface area contributed by atoms with Crippen LogP contribution in [0, 0.1) is 41.5 Å². The summed E-state index contributed by atoms with van der Waals surface area (Å²) in [5, 5.41) is 13.2. The second kappa shape index (κ2) is 42.5. The van der Waals surface area contributed by atoms with Gasteiger partial charge < -0.3 is 68.2 Å². The Labute approximate surface area is 737 Å². The van der Waals surface area contributed by atoms with Crippen LogP contribution in [0.3, 0.4) is 0 Å². The maximum atomic E-state index is 14.4. The minimum atomic E-state index is -5.76. The van der Waals surface area contributed by atoms with E-state index >= 15 is 0 Å². The number of hydrogen-bond acceptors (Lipinski definition) is 39. The van der Waals surface area contributed by atoms with Crippen LogP contribution in [0.15, 0.2) is 94.7 Å². The average Bonchev–Trinajstić information content (AvgIpc) is 1.66. The smallest absolute Gasteiger partial charge is 0.390 e. The van der Waals surface area contributed by atoms with Crippen molar-refractivity contribution in [2.24, 2.45) is 0 Å². The summed E-state index contributed by atoms with van der Waals surface area (Å²) in [7, 11) is -33.2. The minimum Gasteiger partial charge on any atom is -0.390 e. The Kier molecular flexibility index (Phi) is 33.0. The van der Waals surface area contributed by atoms with Crippen LogP contribution in [0.25, 0.3) is 0 Å². The zero-order valence-electron chi connectivity index (χ0n) is 70.2. The molecule has 12 heterocycles. The van der Waals surface area contributed by atoms with Crippen LogP contribution >= 0.6 is 46.9 Å². The van der Waals surface area contributed by atoms with E-state index in [9.17, 15) is 129 Å². The van der Waals surface area contributed by atoms with Crippen molar-refractivity contribution in [2.75, 3.05) is 52.8 Å².